The van der Waals surface area contributed by atoms with Gasteiger partial charge in [-0.15, -0.1) is 0 Å². The van der Waals surface area contributed by atoms with Gasteiger partial charge in [-0.25, -0.2) is 0 Å². The largest absolute Gasteiger partial charge is 0.312 e. The highest BCUT2D eigenvalue weighted by atomic mass is 15.2. The van der Waals surface area contributed by atoms with Crippen LogP contribution in [-0.2, 0) is 0 Å². The van der Waals surface area contributed by atoms with Crippen molar-refractivity contribution in [1.29, 1.82) is 0 Å². The molecule has 3 nitrogen and oxygen atoms in total. The maximum atomic E-state index is 3.72. The van der Waals surface area contributed by atoms with Gasteiger partial charge < -0.3 is 10.2 Å². The average Bonchev–Trinajstić information content (AvgIpc) is 2.76. The first-order valence-corrected chi connectivity index (χ1v) is 7.41. The first kappa shape index (κ1) is 11.9. The Balaban J connectivity index is 1.59. The quantitative estimate of drug-likeness (QED) is 0.738. The molecule has 0 aliphatic carbocycles. The minimum absolute atomic E-state index is 0.768. The van der Waals surface area contributed by atoms with E-state index in [-0.39, 0.29) is 0 Å². The summed E-state index contributed by atoms with van der Waals surface area (Å²) >= 11 is 0. The molecular formula is C14H27N3. The lowest BCUT2D eigenvalue weighted by molar-refractivity contribution is 0.101. The molecule has 98 valence electrons. The van der Waals surface area contributed by atoms with E-state index < -0.39 is 0 Å². The molecule has 0 aromatic rings. The molecule has 3 fully saturated rings. The number of fused-ring (bicyclic) bond motifs is 1. The first-order valence-electron chi connectivity index (χ1n) is 7.41. The van der Waals surface area contributed by atoms with Crippen LogP contribution in [0.15, 0.2) is 0 Å². The van der Waals surface area contributed by atoms with E-state index in [2.05, 4.69) is 29.1 Å². The maximum Gasteiger partial charge on any atom is 0.0235 e. The molecule has 0 spiro atoms. The van der Waals surface area contributed by atoms with E-state index in [0.29, 0.717) is 0 Å². The highest BCUT2D eigenvalue weighted by Gasteiger charge is 2.38. The van der Waals surface area contributed by atoms with Gasteiger partial charge in [0.15, 0.2) is 0 Å². The minimum atomic E-state index is 0.768. The Hall–Kier alpha value is -0.120. The third kappa shape index (κ3) is 2.38. The van der Waals surface area contributed by atoms with Crippen LogP contribution in [0.3, 0.4) is 0 Å². The number of nitrogens with one attached hydrogen (secondary N) is 1. The van der Waals surface area contributed by atoms with Gasteiger partial charge >= 0.3 is 0 Å². The van der Waals surface area contributed by atoms with Crippen LogP contribution in [0.5, 0.6) is 0 Å². The van der Waals surface area contributed by atoms with Crippen molar-refractivity contribution in [2.75, 3.05) is 33.2 Å². The molecule has 3 aliphatic rings. The molecule has 0 aromatic heterocycles. The van der Waals surface area contributed by atoms with Crippen molar-refractivity contribution >= 4 is 0 Å². The molecular weight excluding hydrogens is 210 g/mol. The van der Waals surface area contributed by atoms with Crippen LogP contribution in [0.25, 0.3) is 0 Å². The van der Waals surface area contributed by atoms with Gasteiger partial charge in [-0.05, 0) is 58.7 Å². The second kappa shape index (κ2) is 4.87. The molecule has 3 aliphatic heterocycles. The van der Waals surface area contributed by atoms with Gasteiger partial charge in [0.05, 0.1) is 0 Å². The Bertz CT molecular complexity index is 254. The van der Waals surface area contributed by atoms with Gasteiger partial charge in [0.25, 0.3) is 0 Å². The van der Waals surface area contributed by atoms with Crippen molar-refractivity contribution in [3.05, 3.63) is 0 Å². The van der Waals surface area contributed by atoms with E-state index in [9.17, 15) is 0 Å². The molecule has 3 saturated heterocycles. The van der Waals surface area contributed by atoms with Crippen LogP contribution >= 0.6 is 0 Å². The second-order valence-corrected chi connectivity index (χ2v) is 6.42. The molecule has 17 heavy (non-hydrogen) atoms. The fraction of sp³-hybridized carbons (Fsp3) is 1.00. The molecule has 0 amide bonds. The lowest BCUT2D eigenvalue weighted by atomic mass is 9.94. The topological polar surface area (TPSA) is 18.5 Å². The summed E-state index contributed by atoms with van der Waals surface area (Å²) in [5.74, 6) is 0.943. The summed E-state index contributed by atoms with van der Waals surface area (Å²) < 4.78 is 0. The Kier molecular flexibility index (Phi) is 3.42. The van der Waals surface area contributed by atoms with Crippen molar-refractivity contribution in [3.8, 4) is 0 Å². The molecule has 1 N–H and O–H groups in total. The number of hydrogen-bond donors (Lipinski definition) is 1. The van der Waals surface area contributed by atoms with Crippen LogP contribution in [-0.4, -0.2) is 61.2 Å². The molecule has 2 unspecified atom stereocenters. The highest BCUT2D eigenvalue weighted by Crippen LogP contribution is 2.30. The van der Waals surface area contributed by atoms with Gasteiger partial charge in [-0.3, -0.25) is 4.90 Å². The molecule has 3 heteroatoms. The summed E-state index contributed by atoms with van der Waals surface area (Å²) in [5, 5.41) is 3.72. The van der Waals surface area contributed by atoms with E-state index in [0.717, 1.165) is 24.0 Å². The number of nitrogens with zero attached hydrogens (tertiary/aromatic N) is 2. The van der Waals surface area contributed by atoms with E-state index in [1.165, 1.54) is 51.9 Å². The van der Waals surface area contributed by atoms with Crippen LogP contribution < -0.4 is 5.32 Å². The number of hydrogen-bond acceptors (Lipinski definition) is 3. The van der Waals surface area contributed by atoms with Crippen molar-refractivity contribution in [3.63, 3.8) is 0 Å². The number of rotatable bonds is 1. The third-order valence-electron chi connectivity index (χ3n) is 5.32. The second-order valence-electron chi connectivity index (χ2n) is 6.42. The van der Waals surface area contributed by atoms with Gasteiger partial charge in [0, 0.05) is 31.2 Å². The summed E-state index contributed by atoms with van der Waals surface area (Å²) in [5.41, 5.74) is 0. The number of likely N-dealkylation sites (tertiary alicyclic amines) is 2. The Morgan fingerprint density at radius 1 is 1.18 bits per heavy atom. The maximum absolute atomic E-state index is 3.72. The molecule has 3 heterocycles. The van der Waals surface area contributed by atoms with Crippen molar-refractivity contribution in [2.45, 2.75) is 50.7 Å². The summed E-state index contributed by atoms with van der Waals surface area (Å²) in [6, 6.07) is 2.43. The zero-order valence-corrected chi connectivity index (χ0v) is 11.4. The van der Waals surface area contributed by atoms with Crippen molar-refractivity contribution in [1.82, 2.24) is 15.1 Å². The molecule has 0 saturated carbocycles. The van der Waals surface area contributed by atoms with E-state index >= 15 is 0 Å². The number of piperidine rings is 2. The monoisotopic (exact) mass is 237 g/mol. The van der Waals surface area contributed by atoms with Gasteiger partial charge in [-0.2, -0.15) is 0 Å². The van der Waals surface area contributed by atoms with Gasteiger partial charge in [0.2, 0.25) is 0 Å². The molecule has 0 aromatic carbocycles. The predicted octanol–water partition coefficient (Wildman–Crippen LogP) is 1.15. The summed E-state index contributed by atoms with van der Waals surface area (Å²) in [7, 11) is 2.27. The SMILES string of the molecule is CC1CC(N2C[C@@H]3CCCN[C@@H]3C2)CCN1C. The van der Waals surface area contributed by atoms with Crippen LogP contribution in [0.4, 0.5) is 0 Å². The Labute approximate surface area is 106 Å². The predicted molar refractivity (Wildman–Crippen MR) is 71.2 cm³/mol. The molecule has 3 rings (SSSR count). The zero-order chi connectivity index (χ0) is 11.8. The molecule has 0 radical (unpaired) electrons. The standard InChI is InChI=1S/C14H27N3/c1-11-8-13(5-7-16(11)2)17-9-12-4-3-6-15-14(12)10-17/h11-15H,3-10H2,1-2H3/t11?,12-,13?,14+/m0/s1. The van der Waals surface area contributed by atoms with Crippen LogP contribution in [0.1, 0.15) is 32.6 Å². The lowest BCUT2D eigenvalue weighted by Gasteiger charge is -2.39. The van der Waals surface area contributed by atoms with Crippen LogP contribution in [0, 0.1) is 5.92 Å². The average molecular weight is 237 g/mol. The smallest absolute Gasteiger partial charge is 0.0235 e. The Morgan fingerprint density at radius 2 is 2.06 bits per heavy atom. The summed E-state index contributed by atoms with van der Waals surface area (Å²) in [4.78, 5) is 5.30. The fourth-order valence-electron chi connectivity index (χ4n) is 3.97. The molecule has 0 bridgehead atoms. The Morgan fingerprint density at radius 3 is 2.82 bits per heavy atom. The van der Waals surface area contributed by atoms with Gasteiger partial charge in [-0.1, -0.05) is 0 Å². The van der Waals surface area contributed by atoms with E-state index in [1.54, 1.807) is 0 Å². The van der Waals surface area contributed by atoms with Crippen molar-refractivity contribution < 1.29 is 0 Å². The van der Waals surface area contributed by atoms with E-state index in [4.69, 9.17) is 0 Å². The third-order valence-corrected chi connectivity index (χ3v) is 5.32. The van der Waals surface area contributed by atoms with E-state index in [1.807, 2.05) is 0 Å². The zero-order valence-electron chi connectivity index (χ0n) is 11.4. The summed E-state index contributed by atoms with van der Waals surface area (Å²) in [6.45, 7) is 7.59. The van der Waals surface area contributed by atoms with Gasteiger partial charge in [0.1, 0.15) is 0 Å². The lowest BCUT2D eigenvalue weighted by Crippen LogP contribution is -2.47. The normalized spacial score (nSPS) is 44.8. The fourth-order valence-corrected chi connectivity index (χ4v) is 3.97. The molecule has 4 atom stereocenters. The summed E-state index contributed by atoms with van der Waals surface area (Å²) in [6.07, 6.45) is 5.59. The minimum Gasteiger partial charge on any atom is -0.312 e. The first-order chi connectivity index (χ1) is 8.24. The van der Waals surface area contributed by atoms with Crippen molar-refractivity contribution in [2.24, 2.45) is 5.92 Å². The highest BCUT2D eigenvalue weighted by molar-refractivity contribution is 4.95. The van der Waals surface area contributed by atoms with Crippen LogP contribution in [0.2, 0.25) is 0 Å².